The Morgan fingerprint density at radius 3 is 3.00 bits per heavy atom. The predicted molar refractivity (Wildman–Crippen MR) is 107 cm³/mol. The van der Waals surface area contributed by atoms with Crippen molar-refractivity contribution in [2.75, 3.05) is 6.54 Å². The minimum absolute atomic E-state index is 0.0413. The van der Waals surface area contributed by atoms with Crippen LogP contribution in [0.1, 0.15) is 35.9 Å². The maximum absolute atomic E-state index is 13.3. The Morgan fingerprint density at radius 1 is 1.22 bits per heavy atom. The number of fused-ring (bicyclic) bond motifs is 2. The van der Waals surface area contributed by atoms with Gasteiger partial charge in [0.1, 0.15) is 10.8 Å². The third kappa shape index (κ3) is 3.09. The first-order chi connectivity index (χ1) is 13.2. The second-order valence-corrected chi connectivity index (χ2v) is 8.62. The zero-order valence-electron chi connectivity index (χ0n) is 14.7. The molecule has 2 unspecified atom stereocenters. The van der Waals surface area contributed by atoms with Crippen LogP contribution in [-0.4, -0.2) is 28.4 Å². The molecule has 4 nitrogen and oxygen atoms in total. The van der Waals surface area contributed by atoms with Crippen LogP contribution in [0.15, 0.2) is 42.5 Å². The molecule has 3 aromatic rings. The first-order valence-corrected chi connectivity index (χ1v) is 10.5. The van der Waals surface area contributed by atoms with Gasteiger partial charge in [-0.2, -0.15) is 0 Å². The van der Waals surface area contributed by atoms with E-state index in [2.05, 4.69) is 6.07 Å². The largest absolute Gasteiger partial charge is 0.480 e. The Hall–Kier alpha value is -2.11. The minimum atomic E-state index is -0.464. The van der Waals surface area contributed by atoms with E-state index in [9.17, 15) is 4.79 Å². The van der Waals surface area contributed by atoms with Crippen LogP contribution in [0.25, 0.3) is 10.2 Å². The number of nitrogens with zero attached hydrogens (tertiary/aromatic N) is 2. The van der Waals surface area contributed by atoms with Crippen molar-refractivity contribution < 1.29 is 9.53 Å². The Balaban J connectivity index is 1.41. The summed E-state index contributed by atoms with van der Waals surface area (Å²) >= 11 is 7.78. The lowest BCUT2D eigenvalue weighted by atomic mass is 10.0. The van der Waals surface area contributed by atoms with Gasteiger partial charge in [0.15, 0.2) is 6.10 Å². The van der Waals surface area contributed by atoms with Crippen molar-refractivity contribution >= 4 is 39.1 Å². The number of benzene rings is 2. The van der Waals surface area contributed by atoms with Gasteiger partial charge < -0.3 is 9.64 Å². The number of aromatic nitrogens is 1. The third-order valence-electron chi connectivity index (χ3n) is 5.35. The number of hydrogen-bond donors (Lipinski definition) is 0. The van der Waals surface area contributed by atoms with Gasteiger partial charge in [-0.15, -0.1) is 11.3 Å². The number of thiazole rings is 1. The van der Waals surface area contributed by atoms with E-state index in [4.69, 9.17) is 21.3 Å². The van der Waals surface area contributed by atoms with Crippen molar-refractivity contribution in [3.8, 4) is 5.75 Å². The minimum Gasteiger partial charge on any atom is -0.480 e. The summed E-state index contributed by atoms with van der Waals surface area (Å²) in [5.74, 6) is 0.831. The molecule has 5 rings (SSSR count). The molecule has 1 amide bonds. The summed E-state index contributed by atoms with van der Waals surface area (Å²) in [6.45, 7) is 0.760. The number of piperidine rings is 1. The van der Waals surface area contributed by atoms with Gasteiger partial charge in [-0.05, 0) is 55.2 Å². The highest BCUT2D eigenvalue weighted by Gasteiger charge is 2.38. The molecule has 1 saturated heterocycles. The van der Waals surface area contributed by atoms with E-state index in [1.807, 2.05) is 35.2 Å². The average molecular weight is 399 g/mol. The van der Waals surface area contributed by atoms with Gasteiger partial charge >= 0.3 is 0 Å². The molecule has 0 spiro atoms. The van der Waals surface area contributed by atoms with E-state index in [0.717, 1.165) is 47.6 Å². The van der Waals surface area contributed by atoms with Crippen molar-refractivity contribution in [1.82, 2.24) is 9.88 Å². The van der Waals surface area contributed by atoms with Crippen LogP contribution in [0, 0.1) is 0 Å². The van der Waals surface area contributed by atoms with E-state index in [1.165, 1.54) is 4.70 Å². The summed E-state index contributed by atoms with van der Waals surface area (Å²) < 4.78 is 7.12. The molecule has 0 N–H and O–H groups in total. The maximum atomic E-state index is 13.3. The van der Waals surface area contributed by atoms with Crippen LogP contribution < -0.4 is 4.74 Å². The first-order valence-electron chi connectivity index (χ1n) is 9.30. The molecule has 2 atom stereocenters. The second-order valence-electron chi connectivity index (χ2n) is 7.13. The quantitative estimate of drug-likeness (QED) is 0.609. The fourth-order valence-corrected chi connectivity index (χ4v) is 5.33. The number of carbonyl (C=O) groups is 1. The lowest BCUT2D eigenvalue weighted by Crippen LogP contribution is -2.45. The van der Waals surface area contributed by atoms with Gasteiger partial charge in [0.2, 0.25) is 0 Å². The van der Waals surface area contributed by atoms with Crippen molar-refractivity contribution in [2.45, 2.75) is 37.8 Å². The number of amides is 1. The van der Waals surface area contributed by atoms with Gasteiger partial charge in [0.05, 0.1) is 16.3 Å². The van der Waals surface area contributed by atoms with Crippen LogP contribution >= 0.6 is 22.9 Å². The van der Waals surface area contributed by atoms with E-state index < -0.39 is 6.10 Å². The fraction of sp³-hybridized carbons (Fsp3) is 0.333. The molecule has 1 aromatic heterocycles. The molecular weight excluding hydrogens is 380 g/mol. The number of hydrogen-bond acceptors (Lipinski definition) is 4. The Labute approximate surface area is 166 Å². The van der Waals surface area contributed by atoms with E-state index >= 15 is 0 Å². The van der Waals surface area contributed by atoms with Gasteiger partial charge in [-0.3, -0.25) is 4.79 Å². The Morgan fingerprint density at radius 2 is 2.11 bits per heavy atom. The molecule has 3 heterocycles. The standard InChI is InChI=1S/C21H19ClN2O2S/c22-14-8-9-17-13(11-14)12-18(26-17)21(25)24-10-4-3-6-16(24)20-23-15-5-1-2-7-19(15)27-20/h1-2,5,7-9,11,16,18H,3-4,6,10,12H2. The van der Waals surface area contributed by atoms with Gasteiger partial charge in [0, 0.05) is 18.0 Å². The third-order valence-corrected chi connectivity index (χ3v) is 6.73. The summed E-state index contributed by atoms with van der Waals surface area (Å²) in [6, 6.07) is 13.7. The van der Waals surface area contributed by atoms with Crippen LogP contribution in [-0.2, 0) is 11.2 Å². The number of halogens is 1. The van der Waals surface area contributed by atoms with Crippen molar-refractivity contribution in [3.05, 3.63) is 58.1 Å². The zero-order valence-corrected chi connectivity index (χ0v) is 16.3. The highest BCUT2D eigenvalue weighted by Crippen LogP contribution is 2.38. The van der Waals surface area contributed by atoms with Crippen LogP contribution in [0.4, 0.5) is 0 Å². The highest BCUT2D eigenvalue weighted by molar-refractivity contribution is 7.18. The predicted octanol–water partition coefficient (Wildman–Crippen LogP) is 5.01. The summed E-state index contributed by atoms with van der Waals surface area (Å²) in [7, 11) is 0. The van der Waals surface area contributed by atoms with Crippen LogP contribution in [0.2, 0.25) is 5.02 Å². The van der Waals surface area contributed by atoms with Crippen molar-refractivity contribution in [2.24, 2.45) is 0 Å². The van der Waals surface area contributed by atoms with Gasteiger partial charge in [-0.25, -0.2) is 4.98 Å². The average Bonchev–Trinajstić information content (AvgIpc) is 3.31. The molecule has 2 aliphatic heterocycles. The summed E-state index contributed by atoms with van der Waals surface area (Å²) in [5.41, 5.74) is 2.02. The molecule has 27 heavy (non-hydrogen) atoms. The Bertz CT molecular complexity index is 985. The molecule has 2 aromatic carbocycles. The number of likely N-dealkylation sites (tertiary alicyclic amines) is 1. The molecular formula is C21H19ClN2O2S. The van der Waals surface area contributed by atoms with Crippen molar-refractivity contribution in [1.29, 1.82) is 0 Å². The molecule has 6 heteroatoms. The highest BCUT2D eigenvalue weighted by atomic mass is 35.5. The zero-order chi connectivity index (χ0) is 18.4. The SMILES string of the molecule is O=C(C1Cc2cc(Cl)ccc2O1)N1CCCCC1c1nc2ccccc2s1. The number of ether oxygens (including phenoxy) is 1. The normalized spacial score (nSPS) is 21.9. The van der Waals surface area contributed by atoms with E-state index in [-0.39, 0.29) is 11.9 Å². The fourth-order valence-electron chi connectivity index (χ4n) is 4.02. The number of carbonyl (C=O) groups excluding carboxylic acids is 1. The lowest BCUT2D eigenvalue weighted by molar-refractivity contribution is -0.142. The molecule has 0 radical (unpaired) electrons. The molecule has 0 bridgehead atoms. The summed E-state index contributed by atoms with van der Waals surface area (Å²) in [5, 5.41) is 1.71. The lowest BCUT2D eigenvalue weighted by Gasteiger charge is -2.35. The molecule has 138 valence electrons. The summed E-state index contributed by atoms with van der Waals surface area (Å²) in [6.07, 6.45) is 3.22. The second kappa shape index (κ2) is 6.80. The van der Waals surface area contributed by atoms with Gasteiger partial charge in [-0.1, -0.05) is 23.7 Å². The smallest absolute Gasteiger partial charge is 0.264 e. The van der Waals surface area contributed by atoms with Crippen LogP contribution in [0.3, 0.4) is 0 Å². The van der Waals surface area contributed by atoms with E-state index in [1.54, 1.807) is 17.4 Å². The Kier molecular flexibility index (Phi) is 4.29. The topological polar surface area (TPSA) is 42.4 Å². The first kappa shape index (κ1) is 17.0. The van der Waals surface area contributed by atoms with Crippen LogP contribution in [0.5, 0.6) is 5.75 Å². The molecule has 0 saturated carbocycles. The number of para-hydroxylation sites is 1. The molecule has 2 aliphatic rings. The monoisotopic (exact) mass is 398 g/mol. The molecule has 0 aliphatic carbocycles. The maximum Gasteiger partial charge on any atom is 0.264 e. The number of rotatable bonds is 2. The van der Waals surface area contributed by atoms with E-state index in [0.29, 0.717) is 11.4 Å². The van der Waals surface area contributed by atoms with Crippen molar-refractivity contribution in [3.63, 3.8) is 0 Å². The summed E-state index contributed by atoms with van der Waals surface area (Å²) in [4.78, 5) is 20.1. The molecule has 1 fully saturated rings. The van der Waals surface area contributed by atoms with Gasteiger partial charge in [0.25, 0.3) is 5.91 Å².